The van der Waals surface area contributed by atoms with Crippen molar-refractivity contribution in [1.29, 1.82) is 0 Å². The van der Waals surface area contributed by atoms with Crippen LogP contribution in [0.1, 0.15) is 18.1 Å². The number of rotatable bonds is 6. The maximum atomic E-state index is 11.2. The van der Waals surface area contributed by atoms with Gasteiger partial charge in [0.15, 0.2) is 0 Å². The van der Waals surface area contributed by atoms with E-state index in [1.807, 2.05) is 42.5 Å². The van der Waals surface area contributed by atoms with E-state index in [1.54, 1.807) is 13.0 Å². The highest BCUT2D eigenvalue weighted by atomic mass is 16.5. The van der Waals surface area contributed by atoms with E-state index >= 15 is 0 Å². The molecular weight excluding hydrogens is 262 g/mol. The van der Waals surface area contributed by atoms with Gasteiger partial charge >= 0.3 is 5.97 Å². The standard InChI is InChI=1S/C18H19NO2/c1-2-21-18(20)13-10-15-8-11-17(12-9-15)19-14-16-6-4-3-5-7-16/h3-13,19H,2,14H2,1H3/b13-10+. The van der Waals surface area contributed by atoms with Crippen LogP contribution in [0.2, 0.25) is 0 Å². The van der Waals surface area contributed by atoms with Crippen LogP contribution in [0.4, 0.5) is 5.69 Å². The minimum Gasteiger partial charge on any atom is -0.463 e. The number of hydrogen-bond acceptors (Lipinski definition) is 3. The van der Waals surface area contributed by atoms with Crippen molar-refractivity contribution in [1.82, 2.24) is 0 Å². The largest absolute Gasteiger partial charge is 0.463 e. The Morgan fingerprint density at radius 1 is 1.10 bits per heavy atom. The Kier molecular flexibility index (Phi) is 5.59. The number of carbonyl (C=O) groups excluding carboxylic acids is 1. The molecule has 0 aliphatic heterocycles. The van der Waals surface area contributed by atoms with Gasteiger partial charge in [0.1, 0.15) is 0 Å². The van der Waals surface area contributed by atoms with Crippen molar-refractivity contribution >= 4 is 17.7 Å². The molecule has 0 bridgehead atoms. The second-order valence-corrected chi connectivity index (χ2v) is 4.55. The zero-order chi connectivity index (χ0) is 14.9. The Morgan fingerprint density at radius 3 is 2.48 bits per heavy atom. The van der Waals surface area contributed by atoms with E-state index in [0.29, 0.717) is 6.61 Å². The first kappa shape index (κ1) is 14.9. The molecule has 2 aromatic rings. The zero-order valence-electron chi connectivity index (χ0n) is 12.1. The molecule has 0 unspecified atom stereocenters. The maximum absolute atomic E-state index is 11.2. The van der Waals surface area contributed by atoms with E-state index in [2.05, 4.69) is 17.4 Å². The zero-order valence-corrected chi connectivity index (χ0v) is 12.1. The minimum atomic E-state index is -0.316. The van der Waals surface area contributed by atoms with Gasteiger partial charge in [-0.3, -0.25) is 0 Å². The fourth-order valence-electron chi connectivity index (χ4n) is 1.87. The third-order valence-electron chi connectivity index (χ3n) is 2.95. The molecule has 0 aliphatic rings. The normalized spacial score (nSPS) is 10.5. The summed E-state index contributed by atoms with van der Waals surface area (Å²) in [6.07, 6.45) is 3.19. The first-order valence-electron chi connectivity index (χ1n) is 7.00. The molecule has 0 radical (unpaired) electrons. The van der Waals surface area contributed by atoms with Gasteiger partial charge in [-0.15, -0.1) is 0 Å². The Bertz CT molecular complexity index is 588. The van der Waals surface area contributed by atoms with Gasteiger partial charge in [0.2, 0.25) is 0 Å². The highest BCUT2D eigenvalue weighted by Gasteiger charge is 1.96. The molecule has 21 heavy (non-hydrogen) atoms. The van der Waals surface area contributed by atoms with E-state index in [0.717, 1.165) is 17.8 Å². The van der Waals surface area contributed by atoms with Crippen LogP contribution in [0.5, 0.6) is 0 Å². The lowest BCUT2D eigenvalue weighted by Crippen LogP contribution is -1.99. The van der Waals surface area contributed by atoms with Crippen molar-refractivity contribution in [2.75, 3.05) is 11.9 Å². The molecule has 2 aromatic carbocycles. The molecule has 1 N–H and O–H groups in total. The number of anilines is 1. The summed E-state index contributed by atoms with van der Waals surface area (Å²) in [6, 6.07) is 18.1. The van der Waals surface area contributed by atoms with Crippen molar-refractivity contribution in [2.45, 2.75) is 13.5 Å². The highest BCUT2D eigenvalue weighted by molar-refractivity contribution is 5.87. The average Bonchev–Trinajstić information content (AvgIpc) is 2.53. The summed E-state index contributed by atoms with van der Waals surface area (Å²) in [5.41, 5.74) is 3.25. The average molecular weight is 281 g/mol. The summed E-state index contributed by atoms with van der Waals surface area (Å²) in [5, 5.41) is 3.36. The van der Waals surface area contributed by atoms with Gasteiger partial charge in [-0.25, -0.2) is 4.79 Å². The fraction of sp³-hybridized carbons (Fsp3) is 0.167. The van der Waals surface area contributed by atoms with Gasteiger partial charge in [-0.1, -0.05) is 42.5 Å². The van der Waals surface area contributed by atoms with Crippen LogP contribution in [0, 0.1) is 0 Å². The van der Waals surface area contributed by atoms with Crippen LogP contribution in [-0.2, 0) is 16.1 Å². The van der Waals surface area contributed by atoms with Crippen molar-refractivity contribution in [3.05, 3.63) is 71.8 Å². The molecule has 2 rings (SSSR count). The molecule has 0 spiro atoms. The summed E-state index contributed by atoms with van der Waals surface area (Å²) < 4.78 is 4.84. The summed E-state index contributed by atoms with van der Waals surface area (Å²) in [6.45, 7) is 2.98. The number of hydrogen-bond donors (Lipinski definition) is 1. The third kappa shape index (κ3) is 5.15. The van der Waals surface area contributed by atoms with Crippen molar-refractivity contribution in [2.24, 2.45) is 0 Å². The maximum Gasteiger partial charge on any atom is 0.330 e. The van der Waals surface area contributed by atoms with Gasteiger partial charge in [-0.2, -0.15) is 0 Å². The first-order chi connectivity index (χ1) is 10.3. The molecule has 0 heterocycles. The molecule has 0 saturated heterocycles. The Labute approximate surface area is 125 Å². The van der Waals surface area contributed by atoms with Crippen LogP contribution in [-0.4, -0.2) is 12.6 Å². The second kappa shape index (κ2) is 7.90. The van der Waals surface area contributed by atoms with E-state index in [9.17, 15) is 4.79 Å². The second-order valence-electron chi connectivity index (χ2n) is 4.55. The predicted octanol–water partition coefficient (Wildman–Crippen LogP) is 3.88. The highest BCUT2D eigenvalue weighted by Crippen LogP contribution is 2.12. The number of esters is 1. The quantitative estimate of drug-likeness (QED) is 0.645. The van der Waals surface area contributed by atoms with Crippen molar-refractivity contribution in [3.8, 4) is 0 Å². The SMILES string of the molecule is CCOC(=O)/C=C/c1ccc(NCc2ccccc2)cc1. The summed E-state index contributed by atoms with van der Waals surface area (Å²) in [4.78, 5) is 11.2. The molecule has 0 fully saturated rings. The summed E-state index contributed by atoms with van der Waals surface area (Å²) in [5.74, 6) is -0.316. The molecule has 0 aliphatic carbocycles. The monoisotopic (exact) mass is 281 g/mol. The first-order valence-corrected chi connectivity index (χ1v) is 7.00. The van der Waals surface area contributed by atoms with Gasteiger partial charge in [0, 0.05) is 18.3 Å². The molecule has 3 nitrogen and oxygen atoms in total. The van der Waals surface area contributed by atoms with Crippen molar-refractivity contribution < 1.29 is 9.53 Å². The molecule has 0 saturated carbocycles. The lowest BCUT2D eigenvalue weighted by Gasteiger charge is -2.06. The Morgan fingerprint density at radius 2 is 1.81 bits per heavy atom. The number of benzene rings is 2. The van der Waals surface area contributed by atoms with Gasteiger partial charge in [-0.05, 0) is 36.3 Å². The van der Waals surface area contributed by atoms with Crippen LogP contribution in [0.15, 0.2) is 60.7 Å². The van der Waals surface area contributed by atoms with E-state index < -0.39 is 0 Å². The van der Waals surface area contributed by atoms with E-state index in [4.69, 9.17) is 4.74 Å². The predicted molar refractivity (Wildman–Crippen MR) is 85.9 cm³/mol. The summed E-state index contributed by atoms with van der Waals surface area (Å²) in [7, 11) is 0. The molecule has 0 amide bonds. The van der Waals surface area contributed by atoms with Crippen LogP contribution in [0.3, 0.4) is 0 Å². The van der Waals surface area contributed by atoms with Crippen molar-refractivity contribution in [3.63, 3.8) is 0 Å². The molecule has 3 heteroatoms. The minimum absolute atomic E-state index is 0.316. The van der Waals surface area contributed by atoms with Crippen LogP contribution in [0.25, 0.3) is 6.08 Å². The third-order valence-corrected chi connectivity index (χ3v) is 2.95. The Hall–Kier alpha value is -2.55. The van der Waals surface area contributed by atoms with E-state index in [1.165, 1.54) is 11.6 Å². The summed E-state index contributed by atoms with van der Waals surface area (Å²) >= 11 is 0. The number of carbonyl (C=O) groups is 1. The topological polar surface area (TPSA) is 38.3 Å². The van der Waals surface area contributed by atoms with Crippen LogP contribution < -0.4 is 5.32 Å². The molecule has 0 aromatic heterocycles. The Balaban J connectivity index is 1.88. The van der Waals surface area contributed by atoms with Gasteiger partial charge in [0.25, 0.3) is 0 Å². The lowest BCUT2D eigenvalue weighted by molar-refractivity contribution is -0.137. The van der Waals surface area contributed by atoms with E-state index in [-0.39, 0.29) is 5.97 Å². The molecular formula is C18H19NO2. The molecule has 108 valence electrons. The number of ether oxygens (including phenoxy) is 1. The molecule has 0 atom stereocenters. The smallest absolute Gasteiger partial charge is 0.330 e. The lowest BCUT2D eigenvalue weighted by atomic mass is 10.2. The van der Waals surface area contributed by atoms with Crippen LogP contribution >= 0.6 is 0 Å². The fourth-order valence-corrected chi connectivity index (χ4v) is 1.87. The van der Waals surface area contributed by atoms with Gasteiger partial charge in [0.05, 0.1) is 6.61 Å². The number of nitrogens with one attached hydrogen (secondary N) is 1. The van der Waals surface area contributed by atoms with Gasteiger partial charge < -0.3 is 10.1 Å².